The Bertz CT molecular complexity index is 1130. The summed E-state index contributed by atoms with van der Waals surface area (Å²) in [5, 5.41) is 9.72. The number of aromatic carboxylic acids is 1. The van der Waals surface area contributed by atoms with Crippen molar-refractivity contribution < 1.29 is 33.6 Å². The van der Waals surface area contributed by atoms with Crippen molar-refractivity contribution in [2.45, 2.75) is 12.7 Å². The fourth-order valence-corrected chi connectivity index (χ4v) is 4.04. The molecule has 0 amide bonds. The van der Waals surface area contributed by atoms with E-state index in [2.05, 4.69) is 4.90 Å². The molecule has 1 N–H and O–H groups in total. The van der Waals surface area contributed by atoms with Gasteiger partial charge in [0.2, 0.25) is 0 Å². The number of carbonyl (C=O) groups is 1. The minimum Gasteiger partial charge on any atom is -0.491 e. The second-order valence-corrected chi connectivity index (χ2v) is 8.37. The van der Waals surface area contributed by atoms with Crippen LogP contribution in [0.3, 0.4) is 0 Å². The van der Waals surface area contributed by atoms with Gasteiger partial charge in [-0.3, -0.25) is 0 Å². The van der Waals surface area contributed by atoms with Gasteiger partial charge >= 0.3 is 5.97 Å². The Kier molecular flexibility index (Phi) is 8.83. The molecule has 192 valence electrons. The molecule has 2 heterocycles. The van der Waals surface area contributed by atoms with Crippen LogP contribution in [0.25, 0.3) is 5.69 Å². The first-order chi connectivity index (χ1) is 17.6. The van der Waals surface area contributed by atoms with Gasteiger partial charge in [0.25, 0.3) is 0 Å². The molecule has 9 heteroatoms. The van der Waals surface area contributed by atoms with E-state index < -0.39 is 5.97 Å². The molecule has 1 saturated heterocycles. The number of carboxylic acids is 1. The number of benzene rings is 2. The smallest absolute Gasteiger partial charge is 0.337 e. The molecule has 0 radical (unpaired) electrons. The minimum atomic E-state index is -0.957. The van der Waals surface area contributed by atoms with E-state index in [4.69, 9.17) is 23.7 Å². The first-order valence-corrected chi connectivity index (χ1v) is 11.8. The summed E-state index contributed by atoms with van der Waals surface area (Å²) >= 11 is 0. The molecular formula is C27H32N2O7. The van der Waals surface area contributed by atoms with Crippen LogP contribution in [-0.4, -0.2) is 75.5 Å². The first-order valence-electron chi connectivity index (χ1n) is 11.8. The van der Waals surface area contributed by atoms with E-state index in [1.807, 2.05) is 53.4 Å². The number of methoxy groups -OCH3 is 2. The molecule has 4 rings (SSSR count). The number of hydrogen-bond donors (Lipinski definition) is 1. The number of aromatic nitrogens is 1. The third kappa shape index (κ3) is 6.17. The van der Waals surface area contributed by atoms with Gasteiger partial charge in [0, 0.05) is 38.2 Å². The monoisotopic (exact) mass is 496 g/mol. The van der Waals surface area contributed by atoms with Crippen molar-refractivity contribution in [2.75, 3.05) is 58.6 Å². The van der Waals surface area contributed by atoms with E-state index >= 15 is 0 Å². The van der Waals surface area contributed by atoms with E-state index in [1.165, 1.54) is 0 Å². The van der Waals surface area contributed by atoms with E-state index in [9.17, 15) is 9.90 Å². The quantitative estimate of drug-likeness (QED) is 0.339. The fourth-order valence-electron chi connectivity index (χ4n) is 4.04. The van der Waals surface area contributed by atoms with Crippen LogP contribution in [0.2, 0.25) is 0 Å². The molecule has 1 fully saturated rings. The summed E-state index contributed by atoms with van der Waals surface area (Å²) in [5.41, 5.74) is 2.69. The Morgan fingerprint density at radius 2 is 1.72 bits per heavy atom. The maximum absolute atomic E-state index is 11.9. The van der Waals surface area contributed by atoms with Crippen molar-refractivity contribution >= 4 is 11.7 Å². The van der Waals surface area contributed by atoms with Crippen molar-refractivity contribution in [3.8, 4) is 17.2 Å². The molecule has 1 aromatic heterocycles. The lowest BCUT2D eigenvalue weighted by atomic mass is 10.1. The molecule has 0 atom stereocenters. The zero-order chi connectivity index (χ0) is 25.3. The Balaban J connectivity index is 1.43. The molecule has 0 saturated carbocycles. The predicted octanol–water partition coefficient (Wildman–Crippen LogP) is 3.63. The van der Waals surface area contributed by atoms with Gasteiger partial charge < -0.3 is 38.3 Å². The van der Waals surface area contributed by atoms with Gasteiger partial charge in [-0.05, 0) is 36.4 Å². The Labute approximate surface area is 210 Å². The average Bonchev–Trinajstić information content (AvgIpc) is 3.39. The zero-order valence-corrected chi connectivity index (χ0v) is 20.6. The van der Waals surface area contributed by atoms with Crippen LogP contribution in [0.1, 0.15) is 15.9 Å². The van der Waals surface area contributed by atoms with Crippen molar-refractivity contribution in [2.24, 2.45) is 0 Å². The van der Waals surface area contributed by atoms with Crippen LogP contribution in [-0.2, 0) is 20.8 Å². The SMILES string of the molecule is COCCOCc1ccc(OC2CN(c3cccc(C(=O)O)c3-n3cccc3)C2)cc1OCCOC. The van der Waals surface area contributed by atoms with Crippen molar-refractivity contribution in [1.29, 1.82) is 0 Å². The summed E-state index contributed by atoms with van der Waals surface area (Å²) in [4.78, 5) is 14.0. The molecule has 3 aromatic rings. The Hall–Kier alpha value is -3.53. The molecule has 1 aliphatic heterocycles. The largest absolute Gasteiger partial charge is 0.491 e. The Morgan fingerprint density at radius 3 is 2.44 bits per heavy atom. The van der Waals surface area contributed by atoms with E-state index in [0.717, 1.165) is 11.3 Å². The number of ether oxygens (including phenoxy) is 5. The summed E-state index contributed by atoms with van der Waals surface area (Å²) in [6, 6.07) is 14.8. The standard InChI is InChI=1S/C27H32N2O7/c1-32-12-14-34-19-20-8-9-21(16-25(20)35-15-13-33-2)36-22-17-29(18-22)24-7-5-6-23(27(30)31)26(24)28-10-3-4-11-28/h3-11,16,22H,12-15,17-19H2,1-2H3,(H,30,31). The summed E-state index contributed by atoms with van der Waals surface area (Å²) < 4.78 is 29.8. The van der Waals surface area contributed by atoms with E-state index in [-0.39, 0.29) is 11.7 Å². The van der Waals surface area contributed by atoms with Crippen LogP contribution >= 0.6 is 0 Å². The molecule has 0 bridgehead atoms. The molecule has 0 spiro atoms. The molecule has 36 heavy (non-hydrogen) atoms. The maximum Gasteiger partial charge on any atom is 0.337 e. The highest BCUT2D eigenvalue weighted by Gasteiger charge is 2.32. The lowest BCUT2D eigenvalue weighted by Gasteiger charge is -2.41. The predicted molar refractivity (Wildman–Crippen MR) is 135 cm³/mol. The van der Waals surface area contributed by atoms with Gasteiger partial charge in [0.05, 0.1) is 56.5 Å². The van der Waals surface area contributed by atoms with Gasteiger partial charge in [-0.2, -0.15) is 0 Å². The highest BCUT2D eigenvalue weighted by Crippen LogP contribution is 2.33. The third-order valence-corrected chi connectivity index (χ3v) is 5.87. The van der Waals surface area contributed by atoms with Crippen molar-refractivity contribution in [3.05, 3.63) is 72.1 Å². The number of hydrogen-bond acceptors (Lipinski definition) is 7. The van der Waals surface area contributed by atoms with Crippen LogP contribution in [0.5, 0.6) is 11.5 Å². The molecule has 0 aliphatic carbocycles. The van der Waals surface area contributed by atoms with Crippen LogP contribution in [0.15, 0.2) is 60.9 Å². The van der Waals surface area contributed by atoms with Crippen LogP contribution in [0.4, 0.5) is 5.69 Å². The van der Waals surface area contributed by atoms with Crippen LogP contribution in [0, 0.1) is 0 Å². The third-order valence-electron chi connectivity index (χ3n) is 5.87. The summed E-state index contributed by atoms with van der Waals surface area (Å²) in [5.74, 6) is 0.445. The molecule has 2 aromatic carbocycles. The number of rotatable bonds is 14. The van der Waals surface area contributed by atoms with Gasteiger partial charge in [0.15, 0.2) is 0 Å². The van der Waals surface area contributed by atoms with Crippen molar-refractivity contribution in [1.82, 2.24) is 4.57 Å². The maximum atomic E-state index is 11.9. The molecular weight excluding hydrogens is 464 g/mol. The summed E-state index contributed by atoms with van der Waals surface area (Å²) in [7, 11) is 3.27. The number of anilines is 1. The van der Waals surface area contributed by atoms with E-state index in [1.54, 1.807) is 26.4 Å². The second kappa shape index (κ2) is 12.4. The van der Waals surface area contributed by atoms with Gasteiger partial charge in [-0.25, -0.2) is 4.79 Å². The van der Waals surface area contributed by atoms with Crippen molar-refractivity contribution in [3.63, 3.8) is 0 Å². The lowest BCUT2D eigenvalue weighted by molar-refractivity contribution is 0.0599. The second-order valence-electron chi connectivity index (χ2n) is 8.37. The highest BCUT2D eigenvalue weighted by atomic mass is 16.5. The average molecular weight is 497 g/mol. The fraction of sp³-hybridized carbons (Fsp3) is 0.370. The Morgan fingerprint density at radius 1 is 0.972 bits per heavy atom. The molecule has 1 aliphatic rings. The van der Waals surface area contributed by atoms with Gasteiger partial charge in [-0.1, -0.05) is 6.07 Å². The minimum absolute atomic E-state index is 0.0355. The van der Waals surface area contributed by atoms with E-state index in [0.29, 0.717) is 63.3 Å². The van der Waals surface area contributed by atoms with Gasteiger partial charge in [-0.15, -0.1) is 0 Å². The topological polar surface area (TPSA) is 91.6 Å². The highest BCUT2D eigenvalue weighted by molar-refractivity contribution is 5.95. The molecule has 0 unspecified atom stereocenters. The number of para-hydroxylation sites is 1. The lowest BCUT2D eigenvalue weighted by Crippen LogP contribution is -2.54. The first kappa shape index (κ1) is 25.6. The normalized spacial score (nSPS) is 13.4. The number of carboxylic acid groups (broad SMARTS) is 1. The zero-order valence-electron chi connectivity index (χ0n) is 20.6. The summed E-state index contributed by atoms with van der Waals surface area (Å²) in [6.45, 7) is 3.61. The summed E-state index contributed by atoms with van der Waals surface area (Å²) in [6.07, 6.45) is 3.67. The molecule has 9 nitrogen and oxygen atoms in total. The van der Waals surface area contributed by atoms with Crippen LogP contribution < -0.4 is 14.4 Å². The van der Waals surface area contributed by atoms with Gasteiger partial charge in [0.1, 0.15) is 24.2 Å². The number of nitrogens with zero attached hydrogens (tertiary/aromatic N) is 2.